The molecule has 0 unspecified atom stereocenters. The van der Waals surface area contributed by atoms with Crippen molar-refractivity contribution >= 4 is 51.6 Å². The van der Waals surface area contributed by atoms with Crippen LogP contribution in [0.15, 0.2) is 47.4 Å². The Morgan fingerprint density at radius 3 is 2.50 bits per heavy atom. The molecule has 5 nitrogen and oxygen atoms in total. The molecule has 1 aliphatic rings. The zero-order chi connectivity index (χ0) is 18.7. The molecule has 134 valence electrons. The largest absolute Gasteiger partial charge is 0.493 e. The summed E-state index contributed by atoms with van der Waals surface area (Å²) >= 11 is 3.10. The number of thioether (sulfide) groups is 1. The summed E-state index contributed by atoms with van der Waals surface area (Å²) in [6.07, 6.45) is 1.71. The third kappa shape index (κ3) is 3.88. The lowest BCUT2D eigenvalue weighted by Gasteiger charge is -2.12. The molecule has 26 heavy (non-hydrogen) atoms. The van der Waals surface area contributed by atoms with E-state index in [1.54, 1.807) is 26.4 Å². The van der Waals surface area contributed by atoms with Crippen molar-refractivity contribution in [1.29, 1.82) is 0 Å². The number of carbonyl (C=O) groups excluding carboxylic acids is 2. The maximum atomic E-state index is 12.6. The maximum Gasteiger partial charge on any atom is 0.293 e. The van der Waals surface area contributed by atoms with Gasteiger partial charge < -0.3 is 9.47 Å². The minimum Gasteiger partial charge on any atom is -0.493 e. The minimum atomic E-state index is -0.284. The summed E-state index contributed by atoms with van der Waals surface area (Å²) in [5, 5.41) is -0.264. The van der Waals surface area contributed by atoms with Gasteiger partial charge in [0.1, 0.15) is 0 Å². The molecule has 0 saturated carbocycles. The minimum absolute atomic E-state index is 0.264. The molecule has 0 aromatic heterocycles. The van der Waals surface area contributed by atoms with Crippen molar-refractivity contribution in [3.63, 3.8) is 0 Å². The number of imide groups is 1. The fourth-order valence-electron chi connectivity index (χ4n) is 2.57. The number of rotatable bonds is 5. The van der Waals surface area contributed by atoms with Gasteiger partial charge in [-0.2, -0.15) is 0 Å². The van der Waals surface area contributed by atoms with Gasteiger partial charge in [0.2, 0.25) is 0 Å². The first-order chi connectivity index (χ1) is 12.5. The quantitative estimate of drug-likeness (QED) is 0.464. The molecular formula is C19H16INO4S. The zero-order valence-corrected chi connectivity index (χ0v) is 17.2. The van der Waals surface area contributed by atoms with Crippen LogP contribution < -0.4 is 9.47 Å². The molecule has 0 N–H and O–H groups in total. The zero-order valence-electron chi connectivity index (χ0n) is 14.2. The highest BCUT2D eigenvalue weighted by Gasteiger charge is 2.35. The van der Waals surface area contributed by atoms with E-state index >= 15 is 0 Å². The molecule has 1 heterocycles. The van der Waals surface area contributed by atoms with Crippen molar-refractivity contribution in [1.82, 2.24) is 4.90 Å². The monoisotopic (exact) mass is 481 g/mol. The van der Waals surface area contributed by atoms with E-state index in [2.05, 4.69) is 22.6 Å². The molecular weight excluding hydrogens is 465 g/mol. The normalized spacial score (nSPS) is 15.7. The molecule has 1 saturated heterocycles. The van der Waals surface area contributed by atoms with Crippen molar-refractivity contribution < 1.29 is 19.1 Å². The van der Waals surface area contributed by atoms with Crippen LogP contribution in [0.4, 0.5) is 4.79 Å². The van der Waals surface area contributed by atoms with E-state index in [1.165, 1.54) is 4.90 Å². The number of methoxy groups -OCH3 is 2. The Balaban J connectivity index is 1.87. The molecule has 0 aliphatic carbocycles. The van der Waals surface area contributed by atoms with Crippen LogP contribution in [0.3, 0.4) is 0 Å². The predicted octanol–water partition coefficient (Wildman–Crippen LogP) is 4.54. The van der Waals surface area contributed by atoms with Crippen molar-refractivity contribution in [2.45, 2.75) is 6.54 Å². The molecule has 3 rings (SSSR count). The second-order valence-corrected chi connectivity index (χ2v) is 7.65. The van der Waals surface area contributed by atoms with Gasteiger partial charge in [0, 0.05) is 0 Å². The summed E-state index contributed by atoms with van der Waals surface area (Å²) in [4.78, 5) is 26.6. The molecule has 0 bridgehead atoms. The average Bonchev–Trinajstić information content (AvgIpc) is 2.89. The Labute approximate surface area is 169 Å². The van der Waals surface area contributed by atoms with Crippen LogP contribution in [0.5, 0.6) is 11.5 Å². The van der Waals surface area contributed by atoms with Crippen LogP contribution in [0.1, 0.15) is 11.1 Å². The van der Waals surface area contributed by atoms with Gasteiger partial charge in [-0.1, -0.05) is 30.3 Å². The SMILES string of the molecule is COc1cc(/C=C2\SC(=O)N(Cc3ccccc3)C2=O)cc(I)c1OC. The van der Waals surface area contributed by atoms with E-state index in [-0.39, 0.29) is 17.7 Å². The lowest BCUT2D eigenvalue weighted by atomic mass is 10.1. The van der Waals surface area contributed by atoms with E-state index in [0.717, 1.165) is 26.5 Å². The Hall–Kier alpha value is -2.00. The Morgan fingerprint density at radius 1 is 1.12 bits per heavy atom. The Kier molecular flexibility index (Phi) is 5.87. The van der Waals surface area contributed by atoms with Gasteiger partial charge in [-0.25, -0.2) is 0 Å². The van der Waals surface area contributed by atoms with Crippen molar-refractivity contribution in [3.8, 4) is 11.5 Å². The van der Waals surface area contributed by atoms with Crippen molar-refractivity contribution in [2.75, 3.05) is 14.2 Å². The summed E-state index contributed by atoms with van der Waals surface area (Å²) in [5.74, 6) is 0.935. The molecule has 0 radical (unpaired) electrons. The number of carbonyl (C=O) groups is 2. The summed E-state index contributed by atoms with van der Waals surface area (Å²) in [6, 6.07) is 13.1. The highest BCUT2D eigenvalue weighted by Crippen LogP contribution is 2.37. The van der Waals surface area contributed by atoms with Crippen molar-refractivity contribution in [3.05, 3.63) is 62.1 Å². The van der Waals surface area contributed by atoms with E-state index in [4.69, 9.17) is 9.47 Å². The van der Waals surface area contributed by atoms with Gasteiger partial charge in [0.25, 0.3) is 11.1 Å². The predicted molar refractivity (Wildman–Crippen MR) is 110 cm³/mol. The molecule has 1 aliphatic heterocycles. The third-order valence-electron chi connectivity index (χ3n) is 3.81. The van der Waals surface area contributed by atoms with Gasteiger partial charge in [0.15, 0.2) is 11.5 Å². The molecule has 0 atom stereocenters. The fourth-order valence-corrected chi connectivity index (χ4v) is 4.26. The first-order valence-corrected chi connectivity index (χ1v) is 9.64. The summed E-state index contributed by atoms with van der Waals surface area (Å²) in [7, 11) is 3.14. The Bertz CT molecular complexity index is 883. The Morgan fingerprint density at radius 2 is 1.85 bits per heavy atom. The second-order valence-electron chi connectivity index (χ2n) is 5.49. The van der Waals surface area contributed by atoms with Crippen LogP contribution in [-0.2, 0) is 11.3 Å². The van der Waals surface area contributed by atoms with Crippen LogP contribution in [0.2, 0.25) is 0 Å². The number of amides is 2. The number of hydrogen-bond acceptors (Lipinski definition) is 5. The van der Waals surface area contributed by atoms with Crippen LogP contribution in [0, 0.1) is 3.57 Å². The summed E-state index contributed by atoms with van der Waals surface area (Å²) in [6.45, 7) is 0.270. The van der Waals surface area contributed by atoms with Gasteiger partial charge >= 0.3 is 0 Å². The van der Waals surface area contributed by atoms with Crippen LogP contribution in [0.25, 0.3) is 6.08 Å². The van der Waals surface area contributed by atoms with Crippen LogP contribution >= 0.6 is 34.4 Å². The first-order valence-electron chi connectivity index (χ1n) is 7.74. The van der Waals surface area contributed by atoms with E-state index < -0.39 is 0 Å². The summed E-state index contributed by atoms with van der Waals surface area (Å²) in [5.41, 5.74) is 1.69. The molecule has 7 heteroatoms. The van der Waals surface area contributed by atoms with Gasteiger partial charge in [0.05, 0.1) is 29.2 Å². The highest BCUT2D eigenvalue weighted by atomic mass is 127. The number of nitrogens with zero attached hydrogens (tertiary/aromatic N) is 1. The van der Waals surface area contributed by atoms with Gasteiger partial charge in [-0.05, 0) is 63.7 Å². The van der Waals surface area contributed by atoms with Crippen LogP contribution in [-0.4, -0.2) is 30.3 Å². The maximum absolute atomic E-state index is 12.6. The number of ether oxygens (including phenoxy) is 2. The van der Waals surface area contributed by atoms with Gasteiger partial charge in [-0.3, -0.25) is 14.5 Å². The second kappa shape index (κ2) is 8.13. The molecule has 2 aromatic rings. The average molecular weight is 481 g/mol. The summed E-state index contributed by atoms with van der Waals surface area (Å²) < 4.78 is 11.5. The molecule has 2 aromatic carbocycles. The van der Waals surface area contributed by atoms with Crippen molar-refractivity contribution in [2.24, 2.45) is 0 Å². The highest BCUT2D eigenvalue weighted by molar-refractivity contribution is 14.1. The third-order valence-corrected chi connectivity index (χ3v) is 5.52. The molecule has 2 amide bonds. The fraction of sp³-hybridized carbons (Fsp3) is 0.158. The lowest BCUT2D eigenvalue weighted by molar-refractivity contribution is -0.123. The lowest BCUT2D eigenvalue weighted by Crippen LogP contribution is -2.27. The smallest absolute Gasteiger partial charge is 0.293 e. The molecule has 0 spiro atoms. The van der Waals surface area contributed by atoms with E-state index in [0.29, 0.717) is 16.4 Å². The van der Waals surface area contributed by atoms with Gasteiger partial charge in [-0.15, -0.1) is 0 Å². The standard InChI is InChI=1S/C19H16INO4S/c1-24-15-9-13(8-14(20)17(15)25-2)10-16-18(22)21(19(23)26-16)11-12-6-4-3-5-7-12/h3-10H,11H2,1-2H3/b16-10-. The number of halogens is 1. The number of hydrogen-bond donors (Lipinski definition) is 0. The van der Waals surface area contributed by atoms with E-state index in [1.807, 2.05) is 36.4 Å². The first kappa shape index (κ1) is 18.8. The number of benzene rings is 2. The van der Waals surface area contributed by atoms with E-state index in [9.17, 15) is 9.59 Å². The topological polar surface area (TPSA) is 55.8 Å². The molecule has 1 fully saturated rings.